The van der Waals surface area contributed by atoms with Crippen molar-refractivity contribution in [1.82, 2.24) is 4.90 Å². The van der Waals surface area contributed by atoms with Gasteiger partial charge in [0.25, 0.3) is 5.91 Å². The van der Waals surface area contributed by atoms with Crippen molar-refractivity contribution in [3.8, 4) is 11.5 Å². The van der Waals surface area contributed by atoms with E-state index >= 15 is 0 Å². The van der Waals surface area contributed by atoms with Crippen LogP contribution in [0.25, 0.3) is 0 Å². The zero-order valence-corrected chi connectivity index (χ0v) is 15.9. The third-order valence-electron chi connectivity index (χ3n) is 4.11. The van der Waals surface area contributed by atoms with Crippen molar-refractivity contribution >= 4 is 14.0 Å². The van der Waals surface area contributed by atoms with E-state index in [1.165, 1.54) is 5.57 Å². The molecule has 1 aromatic carbocycles. The van der Waals surface area contributed by atoms with E-state index in [4.69, 9.17) is 0 Å². The van der Waals surface area contributed by atoms with E-state index in [2.05, 4.69) is 51.0 Å². The SMILES string of the molecule is CC1(C)CN(C(=O)c2ccccc2)CC/C1=C\C#C[Si](C)(C)C. The monoisotopic (exact) mass is 325 g/mol. The fourth-order valence-electron chi connectivity index (χ4n) is 2.80. The predicted octanol–water partition coefficient (Wildman–Crippen LogP) is 4.37. The van der Waals surface area contributed by atoms with Crippen molar-refractivity contribution in [1.29, 1.82) is 0 Å². The molecule has 1 aliphatic rings. The molecule has 1 aromatic rings. The van der Waals surface area contributed by atoms with Crippen LogP contribution in [0, 0.1) is 16.9 Å². The Morgan fingerprint density at radius 3 is 2.43 bits per heavy atom. The summed E-state index contributed by atoms with van der Waals surface area (Å²) in [5, 5.41) is 0. The van der Waals surface area contributed by atoms with Gasteiger partial charge in [0, 0.05) is 24.1 Å². The largest absolute Gasteiger partial charge is 0.337 e. The molecule has 0 aliphatic carbocycles. The predicted molar refractivity (Wildman–Crippen MR) is 99.9 cm³/mol. The molecule has 0 bridgehead atoms. The highest BCUT2D eigenvalue weighted by Gasteiger charge is 2.33. The minimum Gasteiger partial charge on any atom is -0.337 e. The number of carbonyl (C=O) groups excluding carboxylic acids is 1. The summed E-state index contributed by atoms with van der Waals surface area (Å²) in [5.74, 6) is 3.40. The molecule has 0 saturated carbocycles. The van der Waals surface area contributed by atoms with Gasteiger partial charge < -0.3 is 4.90 Å². The number of piperidine rings is 1. The van der Waals surface area contributed by atoms with Gasteiger partial charge in [-0.3, -0.25) is 4.79 Å². The number of amides is 1. The number of hydrogen-bond donors (Lipinski definition) is 0. The minimum atomic E-state index is -1.33. The zero-order valence-electron chi connectivity index (χ0n) is 14.9. The Balaban J connectivity index is 2.12. The number of nitrogens with zero attached hydrogens (tertiary/aromatic N) is 1. The number of hydrogen-bond acceptors (Lipinski definition) is 1. The highest BCUT2D eigenvalue weighted by molar-refractivity contribution is 6.83. The summed E-state index contributed by atoms with van der Waals surface area (Å²) in [5.41, 5.74) is 5.52. The molecule has 1 amide bonds. The van der Waals surface area contributed by atoms with Crippen LogP contribution in [0.3, 0.4) is 0 Å². The third-order valence-corrected chi connectivity index (χ3v) is 5.00. The lowest BCUT2D eigenvalue weighted by molar-refractivity contribution is 0.0663. The van der Waals surface area contributed by atoms with Gasteiger partial charge >= 0.3 is 0 Å². The summed E-state index contributed by atoms with van der Waals surface area (Å²) < 4.78 is 0. The molecule has 0 aromatic heterocycles. The molecule has 122 valence electrons. The van der Waals surface area contributed by atoms with E-state index < -0.39 is 8.07 Å². The Morgan fingerprint density at radius 1 is 1.22 bits per heavy atom. The second-order valence-corrected chi connectivity index (χ2v) is 12.7. The Bertz CT molecular complexity index is 656. The first-order valence-corrected chi connectivity index (χ1v) is 11.8. The molecule has 2 nitrogen and oxygen atoms in total. The zero-order chi connectivity index (χ0) is 17.1. The third kappa shape index (κ3) is 4.84. The van der Waals surface area contributed by atoms with E-state index in [1.807, 2.05) is 35.2 Å². The molecule has 0 atom stereocenters. The van der Waals surface area contributed by atoms with Crippen LogP contribution in [-0.2, 0) is 0 Å². The van der Waals surface area contributed by atoms with Crippen LogP contribution in [0.4, 0.5) is 0 Å². The van der Waals surface area contributed by atoms with Crippen molar-refractivity contribution in [3.05, 3.63) is 47.5 Å². The van der Waals surface area contributed by atoms with Gasteiger partial charge in [-0.1, -0.05) is 63.2 Å². The van der Waals surface area contributed by atoms with Crippen LogP contribution in [0.1, 0.15) is 30.6 Å². The molecule has 1 saturated heterocycles. The van der Waals surface area contributed by atoms with E-state index in [0.717, 1.165) is 25.1 Å². The van der Waals surface area contributed by atoms with Gasteiger partial charge in [0.15, 0.2) is 0 Å². The molecule has 0 unspecified atom stereocenters. The number of rotatable bonds is 1. The maximum atomic E-state index is 12.6. The molecule has 1 fully saturated rings. The van der Waals surface area contributed by atoms with Crippen molar-refractivity contribution < 1.29 is 4.79 Å². The molecule has 0 spiro atoms. The first kappa shape index (κ1) is 17.6. The summed E-state index contributed by atoms with van der Waals surface area (Å²) in [7, 11) is -1.33. The maximum Gasteiger partial charge on any atom is 0.253 e. The van der Waals surface area contributed by atoms with Gasteiger partial charge in [0.2, 0.25) is 0 Å². The van der Waals surface area contributed by atoms with Crippen LogP contribution in [0.15, 0.2) is 42.0 Å². The van der Waals surface area contributed by atoms with Crippen LogP contribution in [0.5, 0.6) is 0 Å². The van der Waals surface area contributed by atoms with E-state index in [9.17, 15) is 4.79 Å². The van der Waals surface area contributed by atoms with Crippen molar-refractivity contribution in [3.63, 3.8) is 0 Å². The summed E-state index contributed by atoms with van der Waals surface area (Å²) in [6.07, 6.45) is 3.01. The second kappa shape index (κ2) is 6.76. The summed E-state index contributed by atoms with van der Waals surface area (Å²) in [6, 6.07) is 9.55. The highest BCUT2D eigenvalue weighted by atomic mass is 28.3. The summed E-state index contributed by atoms with van der Waals surface area (Å²) in [4.78, 5) is 14.6. The lowest BCUT2D eigenvalue weighted by Crippen LogP contribution is -2.44. The fourth-order valence-corrected chi connectivity index (χ4v) is 3.30. The average Bonchev–Trinajstić information content (AvgIpc) is 2.47. The topological polar surface area (TPSA) is 20.3 Å². The van der Waals surface area contributed by atoms with E-state index in [0.29, 0.717) is 0 Å². The van der Waals surface area contributed by atoms with Gasteiger partial charge in [-0.05, 0) is 24.6 Å². The molecular formula is C20H27NOSi. The Labute approximate surface area is 141 Å². The molecule has 23 heavy (non-hydrogen) atoms. The molecule has 3 heteroatoms. The summed E-state index contributed by atoms with van der Waals surface area (Å²) in [6.45, 7) is 12.7. The fraction of sp³-hybridized carbons (Fsp3) is 0.450. The Morgan fingerprint density at radius 2 is 1.87 bits per heavy atom. The molecule has 0 N–H and O–H groups in total. The van der Waals surface area contributed by atoms with Crippen molar-refractivity contribution in [2.45, 2.75) is 39.9 Å². The number of likely N-dealkylation sites (tertiary alicyclic amines) is 1. The molecule has 1 aliphatic heterocycles. The Hall–Kier alpha value is -1.79. The second-order valence-electron chi connectivity index (χ2n) is 7.92. The molecule has 2 rings (SSSR count). The Kier molecular flexibility index (Phi) is 5.16. The van der Waals surface area contributed by atoms with Gasteiger partial charge in [-0.2, -0.15) is 0 Å². The molecular weight excluding hydrogens is 298 g/mol. The van der Waals surface area contributed by atoms with Gasteiger partial charge in [0.1, 0.15) is 8.07 Å². The smallest absolute Gasteiger partial charge is 0.253 e. The van der Waals surface area contributed by atoms with Crippen LogP contribution >= 0.6 is 0 Å². The number of benzene rings is 1. The average molecular weight is 326 g/mol. The molecule has 1 heterocycles. The van der Waals surface area contributed by atoms with Gasteiger partial charge in [-0.25, -0.2) is 0 Å². The van der Waals surface area contributed by atoms with E-state index in [1.54, 1.807) is 0 Å². The lowest BCUT2D eigenvalue weighted by Gasteiger charge is -2.40. The van der Waals surface area contributed by atoms with Crippen LogP contribution < -0.4 is 0 Å². The van der Waals surface area contributed by atoms with Crippen LogP contribution in [0.2, 0.25) is 19.6 Å². The maximum absolute atomic E-state index is 12.6. The van der Waals surface area contributed by atoms with E-state index in [-0.39, 0.29) is 11.3 Å². The van der Waals surface area contributed by atoms with Crippen molar-refractivity contribution in [2.24, 2.45) is 5.41 Å². The summed E-state index contributed by atoms with van der Waals surface area (Å²) >= 11 is 0. The molecule has 0 radical (unpaired) electrons. The normalized spacial score (nSPS) is 19.2. The van der Waals surface area contributed by atoms with Crippen LogP contribution in [-0.4, -0.2) is 32.0 Å². The minimum absolute atomic E-state index is 0.0171. The quantitative estimate of drug-likeness (QED) is 0.555. The first-order chi connectivity index (χ1) is 10.7. The van der Waals surface area contributed by atoms with Gasteiger partial charge in [0.05, 0.1) is 0 Å². The number of allylic oxidation sites excluding steroid dienone is 1. The standard InChI is InChI=1S/C20H27NOSi/c1-20(2)16-21(19(22)17-10-7-6-8-11-17)14-13-18(20)12-9-15-23(3,4)5/h6-8,10-12H,13-14,16H2,1-5H3/b18-12+. The number of carbonyl (C=O) groups is 1. The highest BCUT2D eigenvalue weighted by Crippen LogP contribution is 2.34. The van der Waals surface area contributed by atoms with Crippen molar-refractivity contribution in [2.75, 3.05) is 13.1 Å². The first-order valence-electron chi connectivity index (χ1n) is 8.26. The van der Waals surface area contributed by atoms with Gasteiger partial charge in [-0.15, -0.1) is 5.54 Å². The lowest BCUT2D eigenvalue weighted by atomic mass is 9.78.